The molecule has 6 heteroatoms. The molecule has 0 fully saturated rings. The zero-order valence-corrected chi connectivity index (χ0v) is 20.5. The van der Waals surface area contributed by atoms with Gasteiger partial charge in [0.25, 0.3) is 0 Å². The third-order valence-corrected chi connectivity index (χ3v) is 5.68. The molecule has 1 heterocycles. The zero-order chi connectivity index (χ0) is 23.8. The number of ketones is 1. The highest BCUT2D eigenvalue weighted by Gasteiger charge is 2.12. The monoisotopic (exact) mass is 465 g/mol. The number of methoxy groups -OCH3 is 2. The number of hydrogen-bond donors (Lipinski definition) is 0. The van der Waals surface area contributed by atoms with Crippen LogP contribution in [-0.4, -0.2) is 29.9 Å². The Morgan fingerprint density at radius 2 is 1.70 bits per heavy atom. The van der Waals surface area contributed by atoms with Gasteiger partial charge in [0.05, 0.1) is 19.7 Å². The van der Waals surface area contributed by atoms with E-state index in [2.05, 4.69) is 18.8 Å². The summed E-state index contributed by atoms with van der Waals surface area (Å²) in [5.74, 6) is 3.48. The number of carbonyl (C=O) groups is 1. The number of rotatable bonds is 12. The molecule has 0 radical (unpaired) electrons. The standard InChI is InChI=1S/C27H31NO4S/c1-18(2)6-5-7-20(29)15-22(33)14-19-8-10-21(11-9-19)32-25-12-13-28-24-17-27(31-4)26(30-3)16-23(24)25/h8-13,16-18H,5-7,14-15H2,1-4H3. The quantitative estimate of drug-likeness (QED) is 0.276. The van der Waals surface area contributed by atoms with E-state index in [1.54, 1.807) is 20.4 Å². The molecule has 0 atom stereocenters. The molecule has 0 saturated carbocycles. The van der Waals surface area contributed by atoms with E-state index < -0.39 is 0 Å². The third-order valence-electron chi connectivity index (χ3n) is 5.39. The molecule has 0 unspecified atom stereocenters. The van der Waals surface area contributed by atoms with Gasteiger partial charge in [-0.2, -0.15) is 0 Å². The molecule has 0 bridgehead atoms. The minimum absolute atomic E-state index is 0.234. The molecule has 0 N–H and O–H groups in total. The van der Waals surface area contributed by atoms with Gasteiger partial charge in [0, 0.05) is 41.8 Å². The van der Waals surface area contributed by atoms with Crippen molar-refractivity contribution >= 4 is 33.8 Å². The Hall–Kier alpha value is -2.99. The van der Waals surface area contributed by atoms with Crippen LogP contribution >= 0.6 is 12.2 Å². The first-order chi connectivity index (χ1) is 15.9. The first-order valence-electron chi connectivity index (χ1n) is 11.2. The van der Waals surface area contributed by atoms with E-state index in [1.807, 2.05) is 42.5 Å². The van der Waals surface area contributed by atoms with Crippen molar-refractivity contribution in [2.75, 3.05) is 14.2 Å². The molecule has 3 rings (SSSR count). The van der Waals surface area contributed by atoms with Crippen molar-refractivity contribution < 1.29 is 19.0 Å². The summed E-state index contributed by atoms with van der Waals surface area (Å²) < 4.78 is 16.9. The lowest BCUT2D eigenvalue weighted by Crippen LogP contribution is -2.08. The molecule has 5 nitrogen and oxygen atoms in total. The zero-order valence-electron chi connectivity index (χ0n) is 19.7. The van der Waals surface area contributed by atoms with E-state index in [-0.39, 0.29) is 5.78 Å². The Labute approximate surface area is 201 Å². The first kappa shape index (κ1) is 24.6. The van der Waals surface area contributed by atoms with Crippen LogP contribution in [0.5, 0.6) is 23.0 Å². The largest absolute Gasteiger partial charge is 0.493 e. The van der Waals surface area contributed by atoms with Gasteiger partial charge in [-0.05, 0) is 42.2 Å². The van der Waals surface area contributed by atoms with Gasteiger partial charge in [-0.15, -0.1) is 0 Å². The molecule has 3 aromatic rings. The highest BCUT2D eigenvalue weighted by Crippen LogP contribution is 2.36. The molecule has 0 amide bonds. The highest BCUT2D eigenvalue weighted by molar-refractivity contribution is 7.80. The van der Waals surface area contributed by atoms with Gasteiger partial charge in [-0.3, -0.25) is 9.78 Å². The lowest BCUT2D eigenvalue weighted by molar-refractivity contribution is -0.118. The first-order valence-corrected chi connectivity index (χ1v) is 11.6. The SMILES string of the molecule is COc1cc2nccc(Oc3ccc(CC(=S)CC(=O)CCCC(C)C)cc3)c2cc1OC. The van der Waals surface area contributed by atoms with E-state index in [4.69, 9.17) is 26.4 Å². The van der Waals surface area contributed by atoms with Crippen molar-refractivity contribution in [2.24, 2.45) is 5.92 Å². The Kier molecular flexibility index (Phi) is 8.78. The minimum Gasteiger partial charge on any atom is -0.493 e. The van der Waals surface area contributed by atoms with E-state index in [0.29, 0.717) is 48.2 Å². The fourth-order valence-electron chi connectivity index (χ4n) is 3.64. The average molecular weight is 466 g/mol. The van der Waals surface area contributed by atoms with Crippen molar-refractivity contribution in [3.63, 3.8) is 0 Å². The van der Waals surface area contributed by atoms with Crippen molar-refractivity contribution in [1.82, 2.24) is 4.98 Å². The van der Waals surface area contributed by atoms with Crippen LogP contribution in [0.15, 0.2) is 48.7 Å². The van der Waals surface area contributed by atoms with Crippen molar-refractivity contribution in [2.45, 2.75) is 46.0 Å². The average Bonchev–Trinajstić information content (AvgIpc) is 2.79. The number of ether oxygens (including phenoxy) is 3. The predicted octanol–water partition coefficient (Wildman–Crippen LogP) is 6.74. The van der Waals surface area contributed by atoms with E-state index in [0.717, 1.165) is 34.2 Å². The van der Waals surface area contributed by atoms with Gasteiger partial charge in [0.2, 0.25) is 0 Å². The van der Waals surface area contributed by atoms with Gasteiger partial charge in [0.1, 0.15) is 17.3 Å². The number of pyridine rings is 1. The van der Waals surface area contributed by atoms with Crippen LogP contribution in [-0.2, 0) is 11.2 Å². The van der Waals surface area contributed by atoms with Crippen LogP contribution in [0.1, 0.15) is 45.1 Å². The molecule has 0 saturated heterocycles. The van der Waals surface area contributed by atoms with Crippen LogP contribution < -0.4 is 14.2 Å². The number of nitrogens with zero attached hydrogens (tertiary/aromatic N) is 1. The lowest BCUT2D eigenvalue weighted by Gasteiger charge is -2.12. The minimum atomic E-state index is 0.234. The molecule has 0 aliphatic rings. The van der Waals surface area contributed by atoms with Crippen LogP contribution in [0.3, 0.4) is 0 Å². The van der Waals surface area contributed by atoms with Crippen LogP contribution in [0, 0.1) is 5.92 Å². The number of aromatic nitrogens is 1. The summed E-state index contributed by atoms with van der Waals surface area (Å²) in [5, 5.41) is 0.830. The fourth-order valence-corrected chi connectivity index (χ4v) is 3.97. The van der Waals surface area contributed by atoms with Gasteiger partial charge in [0.15, 0.2) is 11.5 Å². The van der Waals surface area contributed by atoms with E-state index in [1.165, 1.54) is 0 Å². The molecule has 0 aliphatic carbocycles. The molecule has 2 aromatic carbocycles. The number of Topliss-reactive ketones (excluding diaryl/α,β-unsaturated/α-hetero) is 1. The number of benzene rings is 2. The number of hydrogen-bond acceptors (Lipinski definition) is 6. The van der Waals surface area contributed by atoms with Gasteiger partial charge < -0.3 is 14.2 Å². The number of carbonyl (C=O) groups excluding carboxylic acids is 1. The van der Waals surface area contributed by atoms with Gasteiger partial charge in [-0.1, -0.05) is 44.6 Å². The van der Waals surface area contributed by atoms with E-state index in [9.17, 15) is 4.79 Å². The molecule has 33 heavy (non-hydrogen) atoms. The molecular formula is C27H31NO4S. The van der Waals surface area contributed by atoms with Gasteiger partial charge in [-0.25, -0.2) is 0 Å². The maximum absolute atomic E-state index is 12.1. The second-order valence-electron chi connectivity index (χ2n) is 8.50. The predicted molar refractivity (Wildman–Crippen MR) is 136 cm³/mol. The molecular weight excluding hydrogens is 434 g/mol. The van der Waals surface area contributed by atoms with Crippen molar-refractivity contribution in [3.8, 4) is 23.0 Å². The molecule has 0 spiro atoms. The topological polar surface area (TPSA) is 57.7 Å². The van der Waals surface area contributed by atoms with Gasteiger partial charge >= 0.3 is 0 Å². The van der Waals surface area contributed by atoms with Crippen LogP contribution in [0.2, 0.25) is 0 Å². The maximum Gasteiger partial charge on any atom is 0.162 e. The molecule has 0 aliphatic heterocycles. The Bertz CT molecular complexity index is 1110. The third kappa shape index (κ3) is 6.99. The van der Waals surface area contributed by atoms with Crippen molar-refractivity contribution in [3.05, 3.63) is 54.2 Å². The summed E-state index contributed by atoms with van der Waals surface area (Å²) in [5.41, 5.74) is 1.82. The summed E-state index contributed by atoms with van der Waals surface area (Å²) in [7, 11) is 3.20. The van der Waals surface area contributed by atoms with E-state index >= 15 is 0 Å². The van der Waals surface area contributed by atoms with Crippen molar-refractivity contribution in [1.29, 1.82) is 0 Å². The highest BCUT2D eigenvalue weighted by atomic mass is 32.1. The van der Waals surface area contributed by atoms with Crippen LogP contribution in [0.4, 0.5) is 0 Å². The molecule has 1 aromatic heterocycles. The molecule has 174 valence electrons. The van der Waals surface area contributed by atoms with Crippen LogP contribution in [0.25, 0.3) is 10.9 Å². The smallest absolute Gasteiger partial charge is 0.162 e. The fraction of sp³-hybridized carbons (Fsp3) is 0.370. The lowest BCUT2D eigenvalue weighted by atomic mass is 10.0. The summed E-state index contributed by atoms with van der Waals surface area (Å²) in [4.78, 5) is 17.3. The Balaban J connectivity index is 1.63. The Morgan fingerprint density at radius 1 is 1.00 bits per heavy atom. The number of fused-ring (bicyclic) bond motifs is 1. The summed E-state index contributed by atoms with van der Waals surface area (Å²) >= 11 is 5.47. The maximum atomic E-state index is 12.1. The second-order valence-corrected chi connectivity index (χ2v) is 9.07. The second kappa shape index (κ2) is 11.8. The summed E-state index contributed by atoms with van der Waals surface area (Å²) in [6.07, 6.45) is 5.32. The summed E-state index contributed by atoms with van der Waals surface area (Å²) in [6, 6.07) is 13.3. The normalized spacial score (nSPS) is 10.9. The Morgan fingerprint density at radius 3 is 2.36 bits per heavy atom. The summed E-state index contributed by atoms with van der Waals surface area (Å²) in [6.45, 7) is 4.35. The number of thiocarbonyl (C=S) groups is 1.